The maximum atomic E-state index is 13.5. The van der Waals surface area contributed by atoms with Crippen LogP contribution in [-0.4, -0.2) is 17.6 Å². The summed E-state index contributed by atoms with van der Waals surface area (Å²) in [6.45, 7) is 2.10. The fraction of sp³-hybridized carbons (Fsp3) is 0.188. The van der Waals surface area contributed by atoms with E-state index in [0.717, 1.165) is 17.2 Å². The molecule has 2 aromatic carbocycles. The van der Waals surface area contributed by atoms with Crippen LogP contribution in [-0.2, 0) is 6.42 Å². The van der Waals surface area contributed by atoms with E-state index in [9.17, 15) is 13.6 Å². The lowest BCUT2D eigenvalue weighted by molar-refractivity contribution is 0.0950. The number of rotatable bonds is 4. The summed E-state index contributed by atoms with van der Waals surface area (Å²) in [7, 11) is 0. The van der Waals surface area contributed by atoms with Gasteiger partial charge in [0, 0.05) is 12.6 Å². The number of benzene rings is 2. The molecule has 0 saturated carbocycles. The molecule has 0 radical (unpaired) electrons. The van der Waals surface area contributed by atoms with Crippen LogP contribution in [0.2, 0.25) is 0 Å². The number of carbonyl (C=O) groups is 1. The van der Waals surface area contributed by atoms with Crippen molar-refractivity contribution < 1.29 is 18.7 Å². The minimum Gasteiger partial charge on any atom is -0.508 e. The van der Waals surface area contributed by atoms with E-state index < -0.39 is 11.7 Å². The Morgan fingerprint density at radius 2 is 1.95 bits per heavy atom. The summed E-state index contributed by atoms with van der Waals surface area (Å²) in [4.78, 5) is 11.8. The van der Waals surface area contributed by atoms with E-state index >= 15 is 0 Å². The first-order valence-corrected chi connectivity index (χ1v) is 6.49. The third-order valence-electron chi connectivity index (χ3n) is 3.18. The lowest BCUT2D eigenvalue weighted by Crippen LogP contribution is -2.26. The molecule has 0 fully saturated rings. The van der Waals surface area contributed by atoms with Gasteiger partial charge in [-0.1, -0.05) is 6.07 Å². The molecule has 0 spiro atoms. The summed E-state index contributed by atoms with van der Waals surface area (Å²) in [5, 5.41) is 11.7. The lowest BCUT2D eigenvalue weighted by atomic mass is 10.1. The fourth-order valence-electron chi connectivity index (χ4n) is 2.03. The van der Waals surface area contributed by atoms with Crippen molar-refractivity contribution in [2.45, 2.75) is 13.3 Å². The Labute approximate surface area is 121 Å². The second kappa shape index (κ2) is 6.35. The number of phenolic OH excluding ortho intramolecular Hbond substituents is 1. The first-order chi connectivity index (χ1) is 9.97. The van der Waals surface area contributed by atoms with Gasteiger partial charge in [-0.25, -0.2) is 8.78 Å². The standard InChI is InChI=1S/C16H15F2NO2/c1-10-8-12(17)3-2-11(10)6-7-19-16(21)14-5-4-13(20)9-15(14)18/h2-5,8-9,20H,6-7H2,1H3,(H,19,21). The highest BCUT2D eigenvalue weighted by Crippen LogP contribution is 2.15. The molecule has 5 heteroatoms. The first kappa shape index (κ1) is 15.0. The number of phenols is 1. The van der Waals surface area contributed by atoms with E-state index in [-0.39, 0.29) is 17.1 Å². The molecule has 0 unspecified atom stereocenters. The van der Waals surface area contributed by atoms with Gasteiger partial charge < -0.3 is 10.4 Å². The van der Waals surface area contributed by atoms with E-state index in [0.29, 0.717) is 13.0 Å². The Balaban J connectivity index is 1.95. The van der Waals surface area contributed by atoms with Crippen molar-refractivity contribution in [3.05, 3.63) is 64.7 Å². The molecule has 0 heterocycles. The zero-order valence-electron chi connectivity index (χ0n) is 11.5. The number of hydrogen-bond acceptors (Lipinski definition) is 2. The van der Waals surface area contributed by atoms with Crippen molar-refractivity contribution in [2.24, 2.45) is 0 Å². The van der Waals surface area contributed by atoms with Gasteiger partial charge in [0.15, 0.2) is 0 Å². The molecule has 0 aliphatic rings. The molecule has 21 heavy (non-hydrogen) atoms. The van der Waals surface area contributed by atoms with E-state index in [4.69, 9.17) is 5.11 Å². The van der Waals surface area contributed by atoms with Crippen LogP contribution in [0.15, 0.2) is 36.4 Å². The predicted molar refractivity (Wildman–Crippen MR) is 75.2 cm³/mol. The highest BCUT2D eigenvalue weighted by molar-refractivity contribution is 5.94. The van der Waals surface area contributed by atoms with E-state index in [1.54, 1.807) is 13.0 Å². The molecule has 0 bridgehead atoms. The highest BCUT2D eigenvalue weighted by atomic mass is 19.1. The average molecular weight is 291 g/mol. The van der Waals surface area contributed by atoms with E-state index in [1.807, 2.05) is 0 Å². The maximum Gasteiger partial charge on any atom is 0.254 e. The monoisotopic (exact) mass is 291 g/mol. The van der Waals surface area contributed by atoms with Gasteiger partial charge in [-0.15, -0.1) is 0 Å². The number of aromatic hydroxyl groups is 1. The molecule has 2 N–H and O–H groups in total. The number of hydrogen-bond donors (Lipinski definition) is 2. The predicted octanol–water partition coefficient (Wildman–Crippen LogP) is 2.95. The van der Waals surface area contributed by atoms with E-state index in [1.165, 1.54) is 24.3 Å². The van der Waals surface area contributed by atoms with Crippen LogP contribution in [0.25, 0.3) is 0 Å². The van der Waals surface area contributed by atoms with Crippen molar-refractivity contribution in [1.29, 1.82) is 0 Å². The smallest absolute Gasteiger partial charge is 0.254 e. The summed E-state index contributed by atoms with van der Waals surface area (Å²) in [6.07, 6.45) is 0.525. The molecule has 3 nitrogen and oxygen atoms in total. The van der Waals surface area contributed by atoms with Gasteiger partial charge in [-0.05, 0) is 48.7 Å². The van der Waals surface area contributed by atoms with Gasteiger partial charge in [0.1, 0.15) is 17.4 Å². The Morgan fingerprint density at radius 3 is 2.62 bits per heavy atom. The maximum absolute atomic E-state index is 13.5. The molecule has 0 saturated heterocycles. The molecule has 110 valence electrons. The van der Waals surface area contributed by atoms with Crippen LogP contribution in [0.3, 0.4) is 0 Å². The summed E-state index contributed by atoms with van der Waals surface area (Å²) in [5.74, 6) is -1.85. The lowest BCUT2D eigenvalue weighted by Gasteiger charge is -2.08. The SMILES string of the molecule is Cc1cc(F)ccc1CCNC(=O)c1ccc(O)cc1F. The Bertz CT molecular complexity index is 671. The molecule has 2 aromatic rings. The minimum absolute atomic E-state index is 0.122. The van der Waals surface area contributed by atoms with Crippen molar-refractivity contribution in [3.8, 4) is 5.75 Å². The molecule has 0 aliphatic carbocycles. The van der Waals surface area contributed by atoms with Crippen LogP contribution in [0.5, 0.6) is 5.75 Å². The van der Waals surface area contributed by atoms with Gasteiger partial charge in [-0.3, -0.25) is 4.79 Å². The quantitative estimate of drug-likeness (QED) is 0.910. The van der Waals surface area contributed by atoms with Crippen molar-refractivity contribution in [3.63, 3.8) is 0 Å². The Hall–Kier alpha value is -2.43. The summed E-state index contributed by atoms with van der Waals surface area (Å²) >= 11 is 0. The van der Waals surface area contributed by atoms with Crippen LogP contribution < -0.4 is 5.32 Å². The number of carbonyl (C=O) groups excluding carboxylic acids is 1. The topological polar surface area (TPSA) is 49.3 Å². The zero-order chi connectivity index (χ0) is 15.4. The van der Waals surface area contributed by atoms with Gasteiger partial charge in [0.05, 0.1) is 5.56 Å². The molecule has 1 amide bonds. The summed E-state index contributed by atoms with van der Waals surface area (Å²) in [6, 6.07) is 7.82. The zero-order valence-corrected chi connectivity index (χ0v) is 11.5. The highest BCUT2D eigenvalue weighted by Gasteiger charge is 2.11. The Morgan fingerprint density at radius 1 is 1.19 bits per heavy atom. The molecule has 2 rings (SSSR count). The average Bonchev–Trinajstić information content (AvgIpc) is 2.41. The number of nitrogens with one attached hydrogen (secondary N) is 1. The van der Waals surface area contributed by atoms with Crippen LogP contribution in [0.1, 0.15) is 21.5 Å². The van der Waals surface area contributed by atoms with Crippen LogP contribution in [0.4, 0.5) is 8.78 Å². The third kappa shape index (κ3) is 3.78. The normalized spacial score (nSPS) is 10.4. The molecule has 0 atom stereocenters. The molecular weight excluding hydrogens is 276 g/mol. The largest absolute Gasteiger partial charge is 0.508 e. The van der Waals surface area contributed by atoms with Crippen molar-refractivity contribution in [1.82, 2.24) is 5.32 Å². The Kier molecular flexibility index (Phi) is 4.52. The van der Waals surface area contributed by atoms with Gasteiger partial charge in [-0.2, -0.15) is 0 Å². The fourth-order valence-corrected chi connectivity index (χ4v) is 2.03. The summed E-state index contributed by atoms with van der Waals surface area (Å²) < 4.78 is 26.5. The van der Waals surface area contributed by atoms with Gasteiger partial charge in [0.25, 0.3) is 5.91 Å². The van der Waals surface area contributed by atoms with Gasteiger partial charge in [0.2, 0.25) is 0 Å². The minimum atomic E-state index is -0.773. The number of halogens is 2. The van der Waals surface area contributed by atoms with Crippen molar-refractivity contribution in [2.75, 3.05) is 6.54 Å². The number of amides is 1. The first-order valence-electron chi connectivity index (χ1n) is 6.49. The van der Waals surface area contributed by atoms with E-state index in [2.05, 4.69) is 5.32 Å². The van der Waals surface area contributed by atoms with Gasteiger partial charge >= 0.3 is 0 Å². The second-order valence-corrected chi connectivity index (χ2v) is 4.74. The van der Waals surface area contributed by atoms with Crippen LogP contribution >= 0.6 is 0 Å². The van der Waals surface area contributed by atoms with Crippen molar-refractivity contribution >= 4 is 5.91 Å². The molecular formula is C16H15F2NO2. The molecule has 0 aliphatic heterocycles. The van der Waals surface area contributed by atoms with Crippen LogP contribution in [0, 0.1) is 18.6 Å². The number of aryl methyl sites for hydroxylation is 1. The second-order valence-electron chi connectivity index (χ2n) is 4.74. The third-order valence-corrected chi connectivity index (χ3v) is 3.18. The molecule has 0 aromatic heterocycles. The summed E-state index contributed by atoms with van der Waals surface area (Å²) in [5.41, 5.74) is 1.60.